The van der Waals surface area contributed by atoms with Gasteiger partial charge in [-0.15, -0.1) is 0 Å². The largest absolute Gasteiger partial charge is 0.497 e. The number of aliphatic imine (C=N–C) groups is 1. The topological polar surface area (TPSA) is 55.6 Å². The third-order valence-electron chi connectivity index (χ3n) is 4.91. The predicted molar refractivity (Wildman–Crippen MR) is 124 cm³/mol. The fourth-order valence-electron chi connectivity index (χ4n) is 3.37. The lowest BCUT2D eigenvalue weighted by Gasteiger charge is -2.06. The molecule has 0 bridgehead atoms. The highest BCUT2D eigenvalue weighted by atomic mass is 32.2. The molecule has 1 saturated heterocycles. The average molecular weight is 418 g/mol. The van der Waals surface area contributed by atoms with Crippen molar-refractivity contribution >= 4 is 34.6 Å². The summed E-state index contributed by atoms with van der Waals surface area (Å²) in [5, 5.41) is 3.47. The molecule has 3 aromatic rings. The molecule has 4 rings (SSSR count). The molecule has 0 spiro atoms. The van der Waals surface area contributed by atoms with Crippen LogP contribution >= 0.6 is 11.8 Å². The number of carbonyl (C=O) groups is 1. The Morgan fingerprint density at radius 2 is 1.83 bits per heavy atom. The van der Waals surface area contributed by atoms with Crippen molar-refractivity contribution in [2.45, 2.75) is 20.8 Å². The lowest BCUT2D eigenvalue weighted by molar-refractivity contribution is -0.115. The molecule has 0 saturated carbocycles. The number of aromatic nitrogens is 1. The summed E-state index contributed by atoms with van der Waals surface area (Å²) in [5.41, 5.74) is 6.23. The number of carbonyl (C=O) groups excluding carboxylic acids is 1. The third-order valence-corrected chi connectivity index (χ3v) is 5.82. The van der Waals surface area contributed by atoms with Crippen LogP contribution in [0, 0.1) is 20.8 Å². The lowest BCUT2D eigenvalue weighted by atomic mass is 10.1. The number of amides is 1. The van der Waals surface area contributed by atoms with Crippen molar-refractivity contribution in [3.8, 4) is 11.4 Å². The van der Waals surface area contributed by atoms with E-state index in [1.54, 1.807) is 7.11 Å². The van der Waals surface area contributed by atoms with Gasteiger partial charge in [-0.05, 0) is 86.1 Å². The average Bonchev–Trinajstić information content (AvgIpc) is 3.26. The molecule has 6 heteroatoms. The summed E-state index contributed by atoms with van der Waals surface area (Å²) in [6, 6.07) is 16.0. The van der Waals surface area contributed by atoms with Crippen LogP contribution in [-0.4, -0.2) is 22.8 Å². The van der Waals surface area contributed by atoms with E-state index in [0.29, 0.717) is 10.1 Å². The SMILES string of the molecule is COc1ccc(-n2cc(/C=C3/SC(=Nc4ccc(C)cc4C)NC3=O)cc2C)cc1. The summed E-state index contributed by atoms with van der Waals surface area (Å²) in [5.74, 6) is 0.693. The summed E-state index contributed by atoms with van der Waals surface area (Å²) >= 11 is 1.36. The van der Waals surface area contributed by atoms with Crippen molar-refractivity contribution in [3.63, 3.8) is 0 Å². The molecule has 2 heterocycles. The Hall–Kier alpha value is -3.25. The van der Waals surface area contributed by atoms with E-state index in [1.807, 2.05) is 62.5 Å². The summed E-state index contributed by atoms with van der Waals surface area (Å²) in [6.45, 7) is 6.12. The van der Waals surface area contributed by atoms with Crippen LogP contribution in [0.2, 0.25) is 0 Å². The number of rotatable bonds is 4. The number of benzene rings is 2. The molecule has 1 fully saturated rings. The number of methoxy groups -OCH3 is 1. The Kier molecular flexibility index (Phi) is 5.50. The molecular formula is C24H23N3O2S. The molecule has 1 amide bonds. The van der Waals surface area contributed by atoms with Gasteiger partial charge in [-0.25, -0.2) is 4.99 Å². The van der Waals surface area contributed by atoms with E-state index >= 15 is 0 Å². The minimum atomic E-state index is -0.127. The summed E-state index contributed by atoms with van der Waals surface area (Å²) in [7, 11) is 1.65. The van der Waals surface area contributed by atoms with Gasteiger partial charge in [0.1, 0.15) is 5.75 Å². The second kappa shape index (κ2) is 8.24. The third kappa shape index (κ3) is 4.19. The van der Waals surface area contributed by atoms with Gasteiger partial charge in [-0.3, -0.25) is 4.79 Å². The van der Waals surface area contributed by atoms with Crippen LogP contribution < -0.4 is 10.1 Å². The Bertz CT molecular complexity index is 1170. The Balaban J connectivity index is 1.57. The quantitative estimate of drug-likeness (QED) is 0.586. The lowest BCUT2D eigenvalue weighted by Crippen LogP contribution is -2.19. The first-order valence-corrected chi connectivity index (χ1v) is 10.4. The summed E-state index contributed by atoms with van der Waals surface area (Å²) in [4.78, 5) is 17.7. The van der Waals surface area contributed by atoms with Crippen molar-refractivity contribution in [2.75, 3.05) is 7.11 Å². The molecule has 2 aromatic carbocycles. The first-order valence-electron chi connectivity index (χ1n) is 9.63. The smallest absolute Gasteiger partial charge is 0.264 e. The summed E-state index contributed by atoms with van der Waals surface area (Å²) in [6.07, 6.45) is 3.93. The van der Waals surface area contributed by atoms with E-state index in [-0.39, 0.29) is 5.91 Å². The monoisotopic (exact) mass is 417 g/mol. The number of hydrogen-bond acceptors (Lipinski definition) is 4. The van der Waals surface area contributed by atoms with Crippen LogP contribution in [0.25, 0.3) is 11.8 Å². The van der Waals surface area contributed by atoms with E-state index < -0.39 is 0 Å². The van der Waals surface area contributed by atoms with Crippen LogP contribution in [0.3, 0.4) is 0 Å². The standard InChI is InChI=1S/C24H23N3O2S/c1-15-5-10-21(16(2)11-15)25-24-26-23(28)22(30-24)13-18-12-17(3)27(14-18)19-6-8-20(29-4)9-7-19/h5-14H,1-4H3,(H,25,26,28)/b22-13+. The normalized spacial score (nSPS) is 16.3. The first-order chi connectivity index (χ1) is 14.4. The van der Waals surface area contributed by atoms with Gasteiger partial charge in [0, 0.05) is 17.6 Å². The van der Waals surface area contributed by atoms with Crippen LogP contribution in [0.15, 0.2) is 64.6 Å². The highest BCUT2D eigenvalue weighted by Crippen LogP contribution is 2.30. The van der Waals surface area contributed by atoms with Crippen molar-refractivity contribution in [1.82, 2.24) is 9.88 Å². The molecule has 1 aliphatic rings. The predicted octanol–water partition coefficient (Wildman–Crippen LogP) is 5.30. The molecule has 0 radical (unpaired) electrons. The van der Waals surface area contributed by atoms with Crippen LogP contribution in [-0.2, 0) is 4.79 Å². The van der Waals surface area contributed by atoms with Gasteiger partial charge in [0.2, 0.25) is 0 Å². The zero-order chi connectivity index (χ0) is 21.3. The number of aryl methyl sites for hydroxylation is 3. The van der Waals surface area contributed by atoms with E-state index in [2.05, 4.69) is 33.9 Å². The Labute approximate surface area is 180 Å². The number of nitrogens with one attached hydrogen (secondary N) is 1. The number of thioether (sulfide) groups is 1. The van der Waals surface area contributed by atoms with E-state index in [1.165, 1.54) is 17.3 Å². The maximum Gasteiger partial charge on any atom is 0.264 e. The Morgan fingerprint density at radius 1 is 1.07 bits per heavy atom. The zero-order valence-electron chi connectivity index (χ0n) is 17.4. The van der Waals surface area contributed by atoms with Gasteiger partial charge in [-0.1, -0.05) is 17.7 Å². The molecule has 1 aromatic heterocycles. The highest BCUT2D eigenvalue weighted by Gasteiger charge is 2.24. The fraction of sp³-hybridized carbons (Fsp3) is 0.167. The van der Waals surface area contributed by atoms with E-state index in [9.17, 15) is 4.79 Å². The van der Waals surface area contributed by atoms with Gasteiger partial charge < -0.3 is 14.6 Å². The minimum Gasteiger partial charge on any atom is -0.497 e. The van der Waals surface area contributed by atoms with E-state index in [4.69, 9.17) is 4.74 Å². The number of nitrogens with zero attached hydrogens (tertiary/aromatic N) is 2. The molecule has 1 N–H and O–H groups in total. The van der Waals surface area contributed by atoms with Crippen molar-refractivity contribution in [3.05, 3.63) is 82.0 Å². The molecule has 0 aliphatic carbocycles. The van der Waals surface area contributed by atoms with E-state index in [0.717, 1.165) is 33.9 Å². The van der Waals surface area contributed by atoms with Gasteiger partial charge in [0.25, 0.3) is 5.91 Å². The molecule has 152 valence electrons. The molecule has 1 aliphatic heterocycles. The molecular weight excluding hydrogens is 394 g/mol. The molecule has 5 nitrogen and oxygen atoms in total. The summed E-state index contributed by atoms with van der Waals surface area (Å²) < 4.78 is 7.32. The Morgan fingerprint density at radius 3 is 2.53 bits per heavy atom. The van der Waals surface area contributed by atoms with Crippen molar-refractivity contribution < 1.29 is 9.53 Å². The van der Waals surface area contributed by atoms with Gasteiger partial charge in [-0.2, -0.15) is 0 Å². The maximum atomic E-state index is 12.4. The van der Waals surface area contributed by atoms with Gasteiger partial charge in [0.05, 0.1) is 17.7 Å². The van der Waals surface area contributed by atoms with Gasteiger partial charge in [0.15, 0.2) is 5.17 Å². The second-order valence-electron chi connectivity index (χ2n) is 7.25. The van der Waals surface area contributed by atoms with Crippen LogP contribution in [0.1, 0.15) is 22.4 Å². The minimum absolute atomic E-state index is 0.127. The van der Waals surface area contributed by atoms with Gasteiger partial charge >= 0.3 is 0 Å². The maximum absolute atomic E-state index is 12.4. The van der Waals surface area contributed by atoms with Crippen molar-refractivity contribution in [1.29, 1.82) is 0 Å². The highest BCUT2D eigenvalue weighted by molar-refractivity contribution is 8.18. The zero-order valence-corrected chi connectivity index (χ0v) is 18.2. The van der Waals surface area contributed by atoms with Crippen molar-refractivity contribution in [2.24, 2.45) is 4.99 Å². The van der Waals surface area contributed by atoms with Crippen LogP contribution in [0.5, 0.6) is 5.75 Å². The number of ether oxygens (including phenoxy) is 1. The second-order valence-corrected chi connectivity index (χ2v) is 8.29. The molecule has 0 unspecified atom stereocenters. The first kappa shape index (κ1) is 20.0. The molecule has 0 atom stereocenters. The molecule has 30 heavy (non-hydrogen) atoms. The number of hydrogen-bond donors (Lipinski definition) is 1. The fourth-order valence-corrected chi connectivity index (χ4v) is 4.21. The number of amidine groups is 1. The van der Waals surface area contributed by atoms with Crippen LogP contribution in [0.4, 0.5) is 5.69 Å².